The summed E-state index contributed by atoms with van der Waals surface area (Å²) in [5.41, 5.74) is 4.85. The second-order valence-corrected chi connectivity index (χ2v) is 6.72. The average molecular weight is 272 g/mol. The summed E-state index contributed by atoms with van der Waals surface area (Å²) in [7, 11) is 0. The molecule has 1 unspecified atom stereocenters. The summed E-state index contributed by atoms with van der Waals surface area (Å²) in [6, 6.07) is 0.0800. The molecule has 1 atom stereocenters. The molecule has 1 rings (SSSR count). The summed E-state index contributed by atoms with van der Waals surface area (Å²) < 4.78 is 10.9. The Morgan fingerprint density at radius 3 is 2.42 bits per heavy atom. The van der Waals surface area contributed by atoms with Crippen LogP contribution in [0.1, 0.15) is 47.5 Å². The van der Waals surface area contributed by atoms with Gasteiger partial charge in [-0.15, -0.1) is 0 Å². The van der Waals surface area contributed by atoms with Gasteiger partial charge < -0.3 is 15.2 Å². The maximum absolute atomic E-state index is 12.5. The van der Waals surface area contributed by atoms with Crippen LogP contribution in [0.15, 0.2) is 0 Å². The zero-order valence-electron chi connectivity index (χ0n) is 12.9. The van der Waals surface area contributed by atoms with Crippen LogP contribution >= 0.6 is 0 Å². The third kappa shape index (κ3) is 4.66. The molecule has 19 heavy (non-hydrogen) atoms. The first-order chi connectivity index (χ1) is 8.67. The quantitative estimate of drug-likeness (QED) is 0.851. The van der Waals surface area contributed by atoms with Crippen LogP contribution < -0.4 is 5.73 Å². The number of carbonyl (C=O) groups excluding carboxylic acids is 1. The molecule has 0 spiro atoms. The predicted octanol–water partition coefficient (Wildman–Crippen LogP) is 2.14. The van der Waals surface area contributed by atoms with Crippen molar-refractivity contribution in [2.75, 3.05) is 19.8 Å². The Kier molecular flexibility index (Phi) is 5.21. The summed E-state index contributed by atoms with van der Waals surface area (Å²) in [6.45, 7) is 11.5. The minimum Gasteiger partial charge on any atom is -0.444 e. The van der Waals surface area contributed by atoms with E-state index in [1.165, 1.54) is 0 Å². The fourth-order valence-corrected chi connectivity index (χ4v) is 2.40. The van der Waals surface area contributed by atoms with Crippen molar-refractivity contribution < 1.29 is 14.3 Å². The maximum atomic E-state index is 12.5. The van der Waals surface area contributed by atoms with Crippen molar-refractivity contribution in [3.05, 3.63) is 0 Å². The molecule has 0 aromatic rings. The van der Waals surface area contributed by atoms with E-state index >= 15 is 0 Å². The predicted molar refractivity (Wildman–Crippen MR) is 75.0 cm³/mol. The number of hydrogen-bond donors (Lipinski definition) is 1. The third-order valence-corrected chi connectivity index (χ3v) is 3.27. The van der Waals surface area contributed by atoms with Crippen molar-refractivity contribution in [2.45, 2.75) is 64.6 Å². The molecule has 0 aromatic heterocycles. The minimum atomic E-state index is -0.492. The van der Waals surface area contributed by atoms with Crippen LogP contribution in [-0.2, 0) is 9.47 Å². The topological polar surface area (TPSA) is 64.8 Å². The molecule has 112 valence electrons. The Morgan fingerprint density at radius 2 is 2.00 bits per heavy atom. The average Bonchev–Trinajstić information content (AvgIpc) is 2.66. The number of nitrogens with zero attached hydrogens (tertiary/aromatic N) is 1. The molecule has 0 aliphatic carbocycles. The zero-order valence-corrected chi connectivity index (χ0v) is 12.9. The van der Waals surface area contributed by atoms with Crippen molar-refractivity contribution in [2.24, 2.45) is 5.73 Å². The van der Waals surface area contributed by atoms with Crippen molar-refractivity contribution >= 4 is 6.09 Å². The van der Waals surface area contributed by atoms with Crippen LogP contribution in [0.2, 0.25) is 0 Å². The molecular formula is C14H28N2O3. The monoisotopic (exact) mass is 272 g/mol. The molecule has 0 aromatic carbocycles. The van der Waals surface area contributed by atoms with Gasteiger partial charge in [-0.1, -0.05) is 0 Å². The van der Waals surface area contributed by atoms with Gasteiger partial charge in [-0.25, -0.2) is 4.79 Å². The molecule has 5 nitrogen and oxygen atoms in total. The van der Waals surface area contributed by atoms with E-state index < -0.39 is 5.60 Å². The number of nitrogens with two attached hydrogens (primary N) is 1. The lowest BCUT2D eigenvalue weighted by molar-refractivity contribution is -0.0139. The second-order valence-electron chi connectivity index (χ2n) is 6.72. The number of amides is 1. The summed E-state index contributed by atoms with van der Waals surface area (Å²) >= 11 is 0. The van der Waals surface area contributed by atoms with Crippen LogP contribution in [0.3, 0.4) is 0 Å². The molecular weight excluding hydrogens is 244 g/mol. The van der Waals surface area contributed by atoms with Gasteiger partial charge in [-0.3, -0.25) is 4.90 Å². The zero-order chi connectivity index (χ0) is 14.7. The van der Waals surface area contributed by atoms with Gasteiger partial charge in [0.15, 0.2) is 0 Å². The number of carbonyl (C=O) groups is 1. The summed E-state index contributed by atoms with van der Waals surface area (Å²) in [5, 5.41) is 0. The normalized spacial score (nSPS) is 20.4. The van der Waals surface area contributed by atoms with Gasteiger partial charge in [0.1, 0.15) is 5.60 Å². The molecule has 0 saturated carbocycles. The smallest absolute Gasteiger partial charge is 0.411 e. The number of rotatable bonds is 4. The fourth-order valence-electron chi connectivity index (χ4n) is 2.40. The molecule has 1 heterocycles. The van der Waals surface area contributed by atoms with Crippen LogP contribution in [0, 0.1) is 0 Å². The molecule has 0 bridgehead atoms. The van der Waals surface area contributed by atoms with E-state index in [-0.39, 0.29) is 17.7 Å². The van der Waals surface area contributed by atoms with E-state index in [0.29, 0.717) is 19.8 Å². The van der Waals surface area contributed by atoms with E-state index in [1.807, 2.05) is 39.5 Å². The Morgan fingerprint density at radius 1 is 1.37 bits per heavy atom. The van der Waals surface area contributed by atoms with Gasteiger partial charge in [0.05, 0.1) is 12.6 Å². The molecule has 1 saturated heterocycles. The molecule has 2 N–H and O–H groups in total. The largest absolute Gasteiger partial charge is 0.444 e. The van der Waals surface area contributed by atoms with Gasteiger partial charge in [-0.05, 0) is 54.0 Å². The molecule has 1 aliphatic heterocycles. The summed E-state index contributed by atoms with van der Waals surface area (Å²) in [5.74, 6) is 0. The van der Waals surface area contributed by atoms with Gasteiger partial charge in [0.2, 0.25) is 0 Å². The Balaban J connectivity index is 2.88. The Hall–Kier alpha value is -0.810. The summed E-state index contributed by atoms with van der Waals surface area (Å²) in [4.78, 5) is 14.3. The first-order valence-corrected chi connectivity index (χ1v) is 6.97. The first-order valence-electron chi connectivity index (χ1n) is 6.97. The second kappa shape index (κ2) is 6.09. The van der Waals surface area contributed by atoms with Crippen molar-refractivity contribution in [1.29, 1.82) is 0 Å². The van der Waals surface area contributed by atoms with Crippen molar-refractivity contribution in [3.8, 4) is 0 Å². The van der Waals surface area contributed by atoms with E-state index in [9.17, 15) is 4.79 Å². The third-order valence-electron chi connectivity index (χ3n) is 3.27. The number of hydrogen-bond acceptors (Lipinski definition) is 4. The molecule has 5 heteroatoms. The lowest BCUT2D eigenvalue weighted by Gasteiger charge is -2.42. The van der Waals surface area contributed by atoms with Gasteiger partial charge in [-0.2, -0.15) is 0 Å². The van der Waals surface area contributed by atoms with E-state index in [0.717, 1.165) is 12.8 Å². The van der Waals surface area contributed by atoms with Crippen molar-refractivity contribution in [3.63, 3.8) is 0 Å². The standard InChI is InChI=1S/C14H28N2O3/c1-13(2,3)19-12(17)16(11-6-9-18-10-11)14(4,5)7-8-15/h11H,6-10,15H2,1-5H3. The number of ether oxygens (including phenoxy) is 2. The van der Waals surface area contributed by atoms with Gasteiger partial charge in [0.25, 0.3) is 0 Å². The SMILES string of the molecule is CC(C)(C)OC(=O)N(C1CCOC1)C(C)(C)CCN. The van der Waals surface area contributed by atoms with E-state index in [2.05, 4.69) is 0 Å². The lowest BCUT2D eigenvalue weighted by atomic mass is 9.96. The van der Waals surface area contributed by atoms with E-state index in [1.54, 1.807) is 0 Å². The molecule has 1 aliphatic rings. The van der Waals surface area contributed by atoms with Crippen LogP contribution in [0.25, 0.3) is 0 Å². The highest BCUT2D eigenvalue weighted by Gasteiger charge is 2.39. The molecule has 1 amide bonds. The first kappa shape index (κ1) is 16.2. The fraction of sp³-hybridized carbons (Fsp3) is 0.929. The highest BCUT2D eigenvalue weighted by molar-refractivity contribution is 5.69. The van der Waals surface area contributed by atoms with Crippen LogP contribution in [0.5, 0.6) is 0 Å². The van der Waals surface area contributed by atoms with Crippen molar-refractivity contribution in [1.82, 2.24) is 4.90 Å². The minimum absolute atomic E-state index is 0.0800. The molecule has 0 radical (unpaired) electrons. The Bertz CT molecular complexity index is 304. The summed E-state index contributed by atoms with van der Waals surface area (Å²) in [6.07, 6.45) is 1.32. The lowest BCUT2D eigenvalue weighted by Crippen LogP contribution is -2.55. The maximum Gasteiger partial charge on any atom is 0.411 e. The van der Waals surface area contributed by atoms with Gasteiger partial charge >= 0.3 is 6.09 Å². The molecule has 1 fully saturated rings. The van der Waals surface area contributed by atoms with Crippen LogP contribution in [0.4, 0.5) is 4.79 Å². The highest BCUT2D eigenvalue weighted by atomic mass is 16.6. The van der Waals surface area contributed by atoms with Gasteiger partial charge in [0, 0.05) is 12.1 Å². The highest BCUT2D eigenvalue weighted by Crippen LogP contribution is 2.27. The van der Waals surface area contributed by atoms with Crippen LogP contribution in [-0.4, -0.2) is 47.9 Å². The Labute approximate surface area is 116 Å². The van der Waals surface area contributed by atoms with E-state index in [4.69, 9.17) is 15.2 Å².